The van der Waals surface area contributed by atoms with Crippen molar-refractivity contribution >= 4 is 101 Å². The smallest absolute Gasteiger partial charge is 0.326 e. The van der Waals surface area contributed by atoms with E-state index >= 15 is 9.59 Å². The van der Waals surface area contributed by atoms with Crippen molar-refractivity contribution in [1.82, 2.24) is 63.0 Å². The summed E-state index contributed by atoms with van der Waals surface area (Å²) in [6.45, 7) is 11.8. The number of phenolic OH excluding ortho intramolecular Hbond substituents is 2. The fourth-order valence-corrected chi connectivity index (χ4v) is 13.1. The molecule has 2 saturated heterocycles. The third-order valence-electron chi connectivity index (χ3n) is 19.2. The summed E-state index contributed by atoms with van der Waals surface area (Å²) < 4.78 is 0. The number of benzene rings is 2. The van der Waals surface area contributed by atoms with Gasteiger partial charge in [0.05, 0.1) is 6.42 Å². The van der Waals surface area contributed by atoms with E-state index in [1.807, 2.05) is 0 Å². The van der Waals surface area contributed by atoms with Crippen molar-refractivity contribution in [3.05, 3.63) is 59.7 Å². The second-order valence-electron chi connectivity index (χ2n) is 29.6. The molecule has 0 aliphatic carbocycles. The number of unbranched alkanes of at least 4 members (excludes halogenated alkanes) is 1. The third-order valence-corrected chi connectivity index (χ3v) is 19.2. The molecule has 0 radical (unpaired) electrons. The van der Waals surface area contributed by atoms with Gasteiger partial charge in [0.15, 0.2) is 11.9 Å². The first-order valence-corrected chi connectivity index (χ1v) is 38.5. The maximum absolute atomic E-state index is 15.1. The number of carboxylic acid groups (broad SMARTS) is 2. The molecule has 4 rings (SSSR count). The van der Waals surface area contributed by atoms with Gasteiger partial charge in [-0.1, -0.05) is 72.2 Å². The summed E-state index contributed by atoms with van der Waals surface area (Å²) in [5.74, 6) is -15.9. The average molecular weight is 1600 g/mol. The van der Waals surface area contributed by atoms with Gasteiger partial charge in [-0.05, 0) is 150 Å². The lowest BCUT2D eigenvalue weighted by molar-refractivity contribution is -0.144. The molecule has 13 atom stereocenters. The van der Waals surface area contributed by atoms with E-state index in [1.165, 1.54) is 65.3 Å². The van der Waals surface area contributed by atoms with Gasteiger partial charge in [-0.15, -0.1) is 0 Å². The molecule has 632 valence electrons. The molecule has 0 aromatic heterocycles. The quantitative estimate of drug-likeness (QED) is 0.0178. The highest BCUT2D eigenvalue weighted by Crippen LogP contribution is 2.25. The van der Waals surface area contributed by atoms with E-state index in [4.69, 9.17) is 34.4 Å². The number of guanidine groups is 2. The third kappa shape index (κ3) is 32.7. The molecule has 0 bridgehead atoms. The van der Waals surface area contributed by atoms with Gasteiger partial charge in [0, 0.05) is 52.4 Å². The van der Waals surface area contributed by atoms with Crippen LogP contribution in [0.5, 0.6) is 11.5 Å². The lowest BCUT2D eigenvalue weighted by atomic mass is 9.96. The Balaban J connectivity index is 1.66. The molecule has 2 aliphatic rings. The Morgan fingerprint density at radius 1 is 0.465 bits per heavy atom. The van der Waals surface area contributed by atoms with Crippen molar-refractivity contribution in [2.24, 2.45) is 62.1 Å². The van der Waals surface area contributed by atoms with Crippen LogP contribution in [0, 0.1) is 17.8 Å². The van der Waals surface area contributed by atoms with E-state index in [2.05, 4.69) is 63.2 Å². The number of rotatable bonds is 49. The lowest BCUT2D eigenvalue weighted by Crippen LogP contribution is -2.61. The van der Waals surface area contributed by atoms with E-state index in [0.717, 1.165) is 0 Å². The molecule has 2 aromatic rings. The van der Waals surface area contributed by atoms with Gasteiger partial charge in [-0.3, -0.25) is 77.1 Å². The van der Waals surface area contributed by atoms with Crippen molar-refractivity contribution in [3.8, 4) is 11.5 Å². The van der Waals surface area contributed by atoms with Crippen LogP contribution in [-0.4, -0.2) is 236 Å². The second kappa shape index (κ2) is 47.8. The predicted octanol–water partition coefficient (Wildman–Crippen LogP) is -3.07. The van der Waals surface area contributed by atoms with Gasteiger partial charge in [-0.25, -0.2) is 4.79 Å². The Labute approximate surface area is 662 Å². The van der Waals surface area contributed by atoms with Crippen LogP contribution in [0.2, 0.25) is 0 Å². The zero-order valence-corrected chi connectivity index (χ0v) is 65.9. The summed E-state index contributed by atoms with van der Waals surface area (Å²) in [5, 5.41) is 65.9. The fraction of sp³-hybridized carbons (Fsp3) is 0.613. The van der Waals surface area contributed by atoms with Gasteiger partial charge in [0.1, 0.15) is 84.0 Å². The maximum Gasteiger partial charge on any atom is 0.326 e. The Kier molecular flexibility index (Phi) is 39.8. The Morgan fingerprint density at radius 3 is 1.29 bits per heavy atom. The first-order chi connectivity index (χ1) is 53.8. The van der Waals surface area contributed by atoms with Crippen molar-refractivity contribution < 1.29 is 92.3 Å². The fourth-order valence-electron chi connectivity index (χ4n) is 13.1. The summed E-state index contributed by atoms with van der Waals surface area (Å²) in [7, 11) is 0. The topological polar surface area (TPSA) is 645 Å². The number of aliphatic imine (C=N–C) groups is 2. The molecule has 39 nitrogen and oxygen atoms in total. The van der Waals surface area contributed by atoms with Crippen molar-refractivity contribution in [3.63, 3.8) is 0 Å². The maximum atomic E-state index is 15.1. The molecule has 114 heavy (non-hydrogen) atoms. The number of amides is 13. The summed E-state index contributed by atoms with van der Waals surface area (Å²) >= 11 is 0. The number of hydrogen-bond acceptors (Lipinski definition) is 20. The molecule has 0 spiro atoms. The number of carboxylic acids is 2. The molecule has 39 heteroatoms. The Bertz CT molecular complexity index is 3690. The van der Waals surface area contributed by atoms with Crippen LogP contribution in [0.15, 0.2) is 58.5 Å². The number of phenols is 2. The van der Waals surface area contributed by atoms with Crippen LogP contribution < -0.4 is 87.6 Å². The number of hydrogen-bond donors (Lipinski definition) is 20. The molecule has 2 fully saturated rings. The molecule has 26 N–H and O–H groups in total. The molecular weight excluding hydrogens is 1480 g/mol. The van der Waals surface area contributed by atoms with Gasteiger partial charge in [0.25, 0.3) is 0 Å². The van der Waals surface area contributed by atoms with Crippen LogP contribution >= 0.6 is 0 Å². The minimum absolute atomic E-state index is 0.0156. The van der Waals surface area contributed by atoms with Crippen LogP contribution in [0.1, 0.15) is 169 Å². The van der Waals surface area contributed by atoms with E-state index < -0.39 is 186 Å². The number of nitrogens with zero attached hydrogens (tertiary/aromatic N) is 4. The number of carbonyl (C=O) groups excluding carboxylic acids is 13. The minimum atomic E-state index is -1.90. The van der Waals surface area contributed by atoms with E-state index in [-0.39, 0.29) is 158 Å². The molecular formula is C75H118N20O19. The molecule has 2 aliphatic heterocycles. The highest BCUT2D eigenvalue weighted by molar-refractivity contribution is 6.01. The monoisotopic (exact) mass is 1600 g/mol. The van der Waals surface area contributed by atoms with Crippen molar-refractivity contribution in [2.45, 2.75) is 243 Å². The van der Waals surface area contributed by atoms with Gasteiger partial charge in [-0.2, -0.15) is 0 Å². The summed E-state index contributed by atoms with van der Waals surface area (Å²) in [6.07, 6.45) is -1.36. The van der Waals surface area contributed by atoms with Crippen LogP contribution in [0.3, 0.4) is 0 Å². The number of likely N-dealkylation sites (tertiary alicyclic amines) is 2. The normalized spacial score (nSPS) is 16.7. The standard InChI is InChI=1S/C75H118N20O19/c1-8-42(6)61(70(110)92-56(73(113)114)36-41(4)5)93-67(107)54(38-45-22-26-47(98)27-23-45)91-69(109)58-19-14-34-95(58)72(112)51(17-12-32-83-75(80)81)87-62(102)48(16-11-31-82-74(78)79)86-68(108)57-18-13-33-94(57)71(111)50(15-9-10-30-76)88-66(106)55(39-59(77)99)90-63(103)49(28-29-60(100)101)85-65(105)53(37-44-20-24-46(97)25-21-44)89-64(104)52(35-40(2)3)84-43(7)96/h20-27,40-42,48-58,61,97-98H,8-19,28-39,76H2,1-7H3,(H2,77,99)(H,84,96)(H,85,105)(H,86,108)(H,87,102)(H,88,106)(H,89,104)(H,90,103)(H,91,109)(H,92,110)(H,93,107)(H,100,101)(H,113,114)(H4,78,79,82)(H4,80,81,83)/t42-,48+,49+,50+,51+,52+,53+,54+,55+,56+,57+,58+,61+/m1/s1. The van der Waals surface area contributed by atoms with E-state index in [0.29, 0.717) is 24.0 Å². The number of carbonyl (C=O) groups is 15. The Morgan fingerprint density at radius 2 is 0.851 bits per heavy atom. The first-order valence-electron chi connectivity index (χ1n) is 38.5. The molecule has 2 heterocycles. The van der Waals surface area contributed by atoms with Crippen LogP contribution in [0.4, 0.5) is 0 Å². The minimum Gasteiger partial charge on any atom is -0.508 e. The van der Waals surface area contributed by atoms with Crippen molar-refractivity contribution in [2.75, 3.05) is 32.7 Å². The van der Waals surface area contributed by atoms with E-state index in [1.54, 1.807) is 41.5 Å². The number of primary amides is 1. The predicted molar refractivity (Wildman–Crippen MR) is 417 cm³/mol. The Hall–Kier alpha value is -11.4. The van der Waals surface area contributed by atoms with Gasteiger partial charge >= 0.3 is 11.9 Å². The number of nitrogens with two attached hydrogens (primary N) is 6. The number of nitrogens with one attached hydrogen (secondary N) is 10. The molecule has 0 unspecified atom stereocenters. The van der Waals surface area contributed by atoms with Crippen molar-refractivity contribution in [1.29, 1.82) is 0 Å². The van der Waals surface area contributed by atoms with Crippen LogP contribution in [-0.2, 0) is 84.8 Å². The summed E-state index contributed by atoms with van der Waals surface area (Å²) in [5.41, 5.74) is 34.9. The molecule has 0 saturated carbocycles. The van der Waals surface area contributed by atoms with Crippen LogP contribution in [0.25, 0.3) is 0 Å². The van der Waals surface area contributed by atoms with E-state index in [9.17, 15) is 82.8 Å². The summed E-state index contributed by atoms with van der Waals surface area (Å²) in [4.78, 5) is 220. The highest BCUT2D eigenvalue weighted by Gasteiger charge is 2.44. The number of aromatic hydroxyl groups is 2. The number of aliphatic carboxylic acids is 2. The molecule has 13 amide bonds. The largest absolute Gasteiger partial charge is 0.508 e. The zero-order chi connectivity index (χ0) is 85.1. The van der Waals surface area contributed by atoms with Gasteiger partial charge in [0.2, 0.25) is 76.8 Å². The van der Waals surface area contributed by atoms with Gasteiger partial charge < -0.3 is 118 Å². The highest BCUT2D eigenvalue weighted by atomic mass is 16.4. The zero-order valence-electron chi connectivity index (χ0n) is 65.9. The first kappa shape index (κ1) is 95.0. The molecule has 2 aromatic carbocycles. The second-order valence-corrected chi connectivity index (χ2v) is 29.6. The average Bonchev–Trinajstić information content (AvgIpc) is 1.63. The SMILES string of the molecule is CC[C@@H](C)[C@H](NC(=O)[C@H](Cc1ccc(O)cc1)NC(=O)[C@@H]1CCCN1C(=O)[C@H](CCCN=C(N)N)NC(=O)[C@H](CCCN=C(N)N)NC(=O)[C@@H]1CCCN1C(=O)[C@H](CCCCN)NC(=O)[C@H](CC(N)=O)NC(=O)[C@H](CCC(=O)O)NC(=O)[C@H](Cc1ccc(O)cc1)NC(=O)[C@H](CC(C)C)NC(C)=O)C(=O)N[C@@H](CC(C)C)C(=O)O. The summed E-state index contributed by atoms with van der Waals surface area (Å²) in [6, 6.07) is -6.03. The lowest BCUT2D eigenvalue weighted by Gasteiger charge is -2.32.